The van der Waals surface area contributed by atoms with Gasteiger partial charge in [-0.25, -0.2) is 9.59 Å². The van der Waals surface area contributed by atoms with E-state index >= 15 is 0 Å². The van der Waals surface area contributed by atoms with Crippen LogP contribution in [-0.4, -0.2) is 25.2 Å². The molecule has 0 fully saturated rings. The molecule has 4 aromatic rings. The highest BCUT2D eigenvalue weighted by Crippen LogP contribution is 2.22. The topological polar surface area (TPSA) is 71.1 Å². The van der Waals surface area contributed by atoms with Crippen molar-refractivity contribution in [3.8, 4) is 17.2 Å². The number of benzene rings is 4. The molecule has 1 unspecified atom stereocenters. The molecular weight excluding hydrogens is 516 g/mol. The fourth-order valence-electron chi connectivity index (χ4n) is 4.05. The van der Waals surface area contributed by atoms with Crippen molar-refractivity contribution in [3.05, 3.63) is 125 Å². The van der Waals surface area contributed by atoms with Gasteiger partial charge in [-0.1, -0.05) is 47.5 Å². The van der Waals surface area contributed by atoms with Crippen molar-refractivity contribution in [1.82, 2.24) is 0 Å². The van der Waals surface area contributed by atoms with E-state index in [0.717, 1.165) is 41.7 Å². The number of rotatable bonds is 13. The van der Waals surface area contributed by atoms with Gasteiger partial charge in [0.15, 0.2) is 0 Å². The van der Waals surface area contributed by atoms with Crippen molar-refractivity contribution >= 4 is 11.9 Å². The molecule has 4 rings (SSSR count). The van der Waals surface area contributed by atoms with E-state index in [1.54, 1.807) is 60.7 Å². The smallest absolute Gasteiger partial charge is 0.343 e. The molecule has 0 amide bonds. The first kappa shape index (κ1) is 29.6. The van der Waals surface area contributed by atoms with Crippen LogP contribution in [0.3, 0.4) is 0 Å². The summed E-state index contributed by atoms with van der Waals surface area (Å²) in [5.41, 5.74) is 4.25. The highest BCUT2D eigenvalue weighted by atomic mass is 16.5. The Balaban J connectivity index is 1.09. The summed E-state index contributed by atoms with van der Waals surface area (Å²) in [7, 11) is 0. The zero-order valence-corrected chi connectivity index (χ0v) is 23.8. The van der Waals surface area contributed by atoms with Crippen LogP contribution in [0, 0.1) is 13.8 Å². The van der Waals surface area contributed by atoms with Crippen molar-refractivity contribution in [2.75, 3.05) is 13.2 Å². The molecule has 0 radical (unpaired) electrons. The molecule has 0 aliphatic heterocycles. The van der Waals surface area contributed by atoms with Gasteiger partial charge in [-0.2, -0.15) is 0 Å². The van der Waals surface area contributed by atoms with Gasteiger partial charge in [-0.3, -0.25) is 0 Å². The lowest BCUT2D eigenvalue weighted by Gasteiger charge is -2.14. The van der Waals surface area contributed by atoms with Crippen LogP contribution in [0.5, 0.6) is 17.2 Å². The van der Waals surface area contributed by atoms with Gasteiger partial charge in [0.1, 0.15) is 17.2 Å². The normalized spacial score (nSPS) is 11.5. The summed E-state index contributed by atoms with van der Waals surface area (Å²) in [5, 5.41) is 0. The number of carbonyl (C=O) groups is 2. The molecule has 0 bridgehead atoms. The zero-order chi connectivity index (χ0) is 29.0. The minimum absolute atomic E-state index is 0.0632. The number of carbonyl (C=O) groups excluding carboxylic acids is 2. The first-order valence-electron chi connectivity index (χ1n) is 13.9. The van der Waals surface area contributed by atoms with Gasteiger partial charge in [0.2, 0.25) is 0 Å². The second-order valence-electron chi connectivity index (χ2n) is 9.97. The van der Waals surface area contributed by atoms with Crippen LogP contribution >= 0.6 is 0 Å². The van der Waals surface area contributed by atoms with Crippen LogP contribution in [0.4, 0.5) is 0 Å². The van der Waals surface area contributed by atoms with Gasteiger partial charge >= 0.3 is 11.9 Å². The largest absolute Gasteiger partial charge is 0.494 e. The summed E-state index contributed by atoms with van der Waals surface area (Å²) in [4.78, 5) is 24.6. The maximum absolute atomic E-state index is 12.3. The Kier molecular flexibility index (Phi) is 10.7. The first-order chi connectivity index (χ1) is 19.9. The predicted octanol–water partition coefficient (Wildman–Crippen LogP) is 8.07. The summed E-state index contributed by atoms with van der Waals surface area (Å²) < 4.78 is 22.7. The Hall–Kier alpha value is -4.42. The van der Waals surface area contributed by atoms with Crippen molar-refractivity contribution in [2.45, 2.75) is 46.1 Å². The Labute approximate surface area is 241 Å². The minimum atomic E-state index is -0.383. The molecule has 0 saturated heterocycles. The molecule has 41 heavy (non-hydrogen) atoms. The van der Waals surface area contributed by atoms with Crippen LogP contribution in [0.15, 0.2) is 97.1 Å². The number of aryl methyl sites for hydroxylation is 2. The SMILES string of the molecule is Cc1ccc(C(=O)Oc2ccc(OCCCCCOC(C)c3ccc(OC(=O)c4ccc(C)cc4)cc3)cc2)cc1. The molecule has 0 aromatic heterocycles. The summed E-state index contributed by atoms with van der Waals surface area (Å²) in [6.45, 7) is 7.20. The first-order valence-corrected chi connectivity index (χ1v) is 13.9. The highest BCUT2D eigenvalue weighted by molar-refractivity contribution is 5.91. The molecule has 4 aromatic carbocycles. The van der Waals surface area contributed by atoms with E-state index in [1.807, 2.05) is 57.2 Å². The number of unbranched alkanes of at least 4 members (excludes halogenated alkanes) is 2. The van der Waals surface area contributed by atoms with Crippen LogP contribution in [0.25, 0.3) is 0 Å². The predicted molar refractivity (Wildman–Crippen MR) is 159 cm³/mol. The number of hydrogen-bond donors (Lipinski definition) is 0. The molecule has 0 N–H and O–H groups in total. The fraction of sp³-hybridized carbons (Fsp3) is 0.257. The molecule has 0 spiro atoms. The van der Waals surface area contributed by atoms with Crippen LogP contribution < -0.4 is 14.2 Å². The lowest BCUT2D eigenvalue weighted by atomic mass is 10.1. The molecule has 0 saturated carbocycles. The van der Waals surface area contributed by atoms with Gasteiger partial charge < -0.3 is 18.9 Å². The molecule has 1 atom stereocenters. The summed E-state index contributed by atoms with van der Waals surface area (Å²) in [6, 6.07) is 29.1. The Morgan fingerprint density at radius 3 is 1.51 bits per heavy atom. The molecular formula is C35H36O6. The standard InChI is InChI=1S/C35H36O6/c1-25-7-11-29(12-8-25)34(36)40-32-17-15-28(16-18-32)27(3)38-23-5-4-6-24-39-31-19-21-33(22-20-31)41-35(37)30-13-9-26(2)10-14-30/h7-22,27H,4-6,23-24H2,1-3H3. The van der Waals surface area contributed by atoms with E-state index in [9.17, 15) is 9.59 Å². The number of hydrogen-bond acceptors (Lipinski definition) is 6. The Bertz CT molecular complexity index is 1390. The van der Waals surface area contributed by atoms with Gasteiger partial charge in [0, 0.05) is 6.61 Å². The third kappa shape index (κ3) is 9.33. The average Bonchev–Trinajstić information content (AvgIpc) is 2.98. The monoisotopic (exact) mass is 552 g/mol. The number of esters is 2. The summed E-state index contributed by atoms with van der Waals surface area (Å²) >= 11 is 0. The van der Waals surface area contributed by atoms with Gasteiger partial charge in [0.25, 0.3) is 0 Å². The van der Waals surface area contributed by atoms with Crippen LogP contribution in [-0.2, 0) is 4.74 Å². The van der Waals surface area contributed by atoms with E-state index in [2.05, 4.69) is 0 Å². The second-order valence-corrected chi connectivity index (χ2v) is 9.97. The van der Waals surface area contributed by atoms with Gasteiger partial charge in [0.05, 0.1) is 23.8 Å². The molecule has 6 nitrogen and oxygen atoms in total. The highest BCUT2D eigenvalue weighted by Gasteiger charge is 2.11. The second kappa shape index (κ2) is 14.8. The molecule has 6 heteroatoms. The lowest BCUT2D eigenvalue weighted by molar-refractivity contribution is 0.0622. The third-order valence-corrected chi connectivity index (χ3v) is 6.59. The maximum Gasteiger partial charge on any atom is 0.343 e. The quantitative estimate of drug-likeness (QED) is 0.0949. The van der Waals surface area contributed by atoms with Crippen molar-refractivity contribution < 1.29 is 28.5 Å². The van der Waals surface area contributed by atoms with Crippen molar-refractivity contribution in [2.24, 2.45) is 0 Å². The minimum Gasteiger partial charge on any atom is -0.494 e. The van der Waals surface area contributed by atoms with Crippen LogP contribution in [0.1, 0.15) is 69.7 Å². The van der Waals surface area contributed by atoms with E-state index in [-0.39, 0.29) is 18.0 Å². The molecule has 212 valence electrons. The van der Waals surface area contributed by atoms with Crippen LogP contribution in [0.2, 0.25) is 0 Å². The van der Waals surface area contributed by atoms with Gasteiger partial charge in [-0.05, 0) is 106 Å². The van der Waals surface area contributed by atoms with Crippen molar-refractivity contribution in [1.29, 1.82) is 0 Å². The van der Waals surface area contributed by atoms with Crippen molar-refractivity contribution in [3.63, 3.8) is 0 Å². The Morgan fingerprint density at radius 1 is 0.561 bits per heavy atom. The maximum atomic E-state index is 12.3. The van der Waals surface area contributed by atoms with E-state index in [4.69, 9.17) is 18.9 Å². The summed E-state index contributed by atoms with van der Waals surface area (Å²) in [5.74, 6) is 0.962. The molecule has 0 aliphatic rings. The average molecular weight is 553 g/mol. The van der Waals surface area contributed by atoms with E-state index in [1.165, 1.54) is 0 Å². The third-order valence-electron chi connectivity index (χ3n) is 6.59. The lowest BCUT2D eigenvalue weighted by Crippen LogP contribution is -2.08. The van der Waals surface area contributed by atoms with E-state index in [0.29, 0.717) is 35.8 Å². The fourth-order valence-corrected chi connectivity index (χ4v) is 4.05. The van der Waals surface area contributed by atoms with E-state index < -0.39 is 0 Å². The Morgan fingerprint density at radius 2 is 1.00 bits per heavy atom. The zero-order valence-electron chi connectivity index (χ0n) is 23.8. The number of ether oxygens (including phenoxy) is 4. The summed E-state index contributed by atoms with van der Waals surface area (Å²) in [6.07, 6.45) is 2.75. The molecule has 0 aliphatic carbocycles. The van der Waals surface area contributed by atoms with Gasteiger partial charge in [-0.15, -0.1) is 0 Å². The molecule has 0 heterocycles.